The average Bonchev–Trinajstić information content (AvgIpc) is 2.47. The predicted octanol–water partition coefficient (Wildman–Crippen LogP) is 1.96. The number of aromatic amines is 1. The lowest BCUT2D eigenvalue weighted by atomic mass is 10.3. The second-order valence-corrected chi connectivity index (χ2v) is 4.09. The smallest absolute Gasteiger partial charge is 0.306 e. The van der Waals surface area contributed by atoms with Gasteiger partial charge in [-0.2, -0.15) is 0 Å². The number of hydrogen-bond acceptors (Lipinski definition) is 4. The Morgan fingerprint density at radius 3 is 2.93 bits per heavy atom. The normalized spacial score (nSPS) is 10.8. The van der Waals surface area contributed by atoms with E-state index in [-0.39, 0.29) is 10.0 Å². The Morgan fingerprint density at radius 1 is 1.57 bits per heavy atom. The molecular formula is C8H7ClN2O2S. The van der Waals surface area contributed by atoms with Crippen LogP contribution in [0.1, 0.15) is 5.56 Å². The van der Waals surface area contributed by atoms with Crippen molar-refractivity contribution in [1.29, 1.82) is 0 Å². The largest absolute Gasteiger partial charge is 0.493 e. The third kappa shape index (κ3) is 1.29. The Morgan fingerprint density at radius 2 is 2.29 bits per heavy atom. The SMILES string of the molecule is COc1c(Cl)nc2[nH]c(=O)sc2c1C. The average molecular weight is 231 g/mol. The number of H-pyrrole nitrogens is 1. The Labute approximate surface area is 88.5 Å². The standard InChI is InChI=1S/C8H7ClN2O2S/c1-3-4(13-2)6(9)10-7-5(3)14-8(12)11-7/h1-2H3,(H,10,11,12). The molecule has 6 heteroatoms. The van der Waals surface area contributed by atoms with Crippen molar-refractivity contribution in [3.8, 4) is 5.75 Å². The third-order valence-electron chi connectivity index (χ3n) is 1.91. The topological polar surface area (TPSA) is 55.0 Å². The number of aromatic nitrogens is 2. The van der Waals surface area contributed by atoms with E-state index in [1.807, 2.05) is 6.92 Å². The fourth-order valence-electron chi connectivity index (χ4n) is 1.30. The summed E-state index contributed by atoms with van der Waals surface area (Å²) in [6, 6.07) is 0. The zero-order valence-electron chi connectivity index (χ0n) is 7.55. The van der Waals surface area contributed by atoms with Crippen LogP contribution in [-0.2, 0) is 0 Å². The molecule has 0 aliphatic carbocycles. The lowest BCUT2D eigenvalue weighted by Crippen LogP contribution is -1.93. The van der Waals surface area contributed by atoms with E-state index in [9.17, 15) is 4.79 Å². The van der Waals surface area contributed by atoms with Crippen LogP contribution in [0.3, 0.4) is 0 Å². The van der Waals surface area contributed by atoms with Crippen molar-refractivity contribution >= 4 is 33.3 Å². The molecule has 74 valence electrons. The lowest BCUT2D eigenvalue weighted by molar-refractivity contribution is 0.411. The highest BCUT2D eigenvalue weighted by atomic mass is 35.5. The van der Waals surface area contributed by atoms with Crippen molar-refractivity contribution in [2.45, 2.75) is 6.92 Å². The second kappa shape index (κ2) is 3.25. The molecule has 0 atom stereocenters. The summed E-state index contributed by atoms with van der Waals surface area (Å²) in [6.45, 7) is 1.85. The highest BCUT2D eigenvalue weighted by Crippen LogP contribution is 2.32. The van der Waals surface area contributed by atoms with E-state index in [2.05, 4.69) is 9.97 Å². The maximum Gasteiger partial charge on any atom is 0.306 e. The van der Waals surface area contributed by atoms with Gasteiger partial charge in [-0.15, -0.1) is 0 Å². The van der Waals surface area contributed by atoms with Crippen LogP contribution in [0.2, 0.25) is 5.15 Å². The summed E-state index contributed by atoms with van der Waals surface area (Å²) in [4.78, 5) is 17.6. The molecule has 0 radical (unpaired) electrons. The van der Waals surface area contributed by atoms with Crippen LogP contribution < -0.4 is 9.61 Å². The number of thiazole rings is 1. The van der Waals surface area contributed by atoms with Crippen molar-refractivity contribution in [1.82, 2.24) is 9.97 Å². The van der Waals surface area contributed by atoms with Crippen LogP contribution in [0.25, 0.3) is 10.3 Å². The molecule has 0 aliphatic heterocycles. The molecule has 0 amide bonds. The van der Waals surface area contributed by atoms with Crippen LogP contribution in [0.5, 0.6) is 5.75 Å². The van der Waals surface area contributed by atoms with Crippen LogP contribution >= 0.6 is 22.9 Å². The molecule has 0 saturated heterocycles. The lowest BCUT2D eigenvalue weighted by Gasteiger charge is -2.05. The molecule has 0 aliphatic rings. The summed E-state index contributed by atoms with van der Waals surface area (Å²) in [5.74, 6) is 0.523. The number of methoxy groups -OCH3 is 1. The van der Waals surface area contributed by atoms with Gasteiger partial charge in [0.1, 0.15) is 0 Å². The number of nitrogens with one attached hydrogen (secondary N) is 1. The van der Waals surface area contributed by atoms with Gasteiger partial charge in [0, 0.05) is 5.56 Å². The summed E-state index contributed by atoms with van der Waals surface area (Å²) < 4.78 is 5.88. The minimum absolute atomic E-state index is 0.139. The predicted molar refractivity (Wildman–Crippen MR) is 56.5 cm³/mol. The number of rotatable bonds is 1. The number of ether oxygens (including phenoxy) is 1. The quantitative estimate of drug-likeness (QED) is 0.762. The summed E-state index contributed by atoms with van der Waals surface area (Å²) in [6.07, 6.45) is 0. The van der Waals surface area contributed by atoms with E-state index in [1.54, 1.807) is 0 Å². The van der Waals surface area contributed by atoms with Gasteiger partial charge in [0.25, 0.3) is 0 Å². The Balaban J connectivity index is 2.91. The molecule has 0 bridgehead atoms. The molecule has 0 spiro atoms. The highest BCUT2D eigenvalue weighted by molar-refractivity contribution is 7.16. The van der Waals surface area contributed by atoms with Crippen molar-refractivity contribution < 1.29 is 4.74 Å². The summed E-state index contributed by atoms with van der Waals surface area (Å²) in [7, 11) is 1.52. The Kier molecular flexibility index (Phi) is 2.20. The highest BCUT2D eigenvalue weighted by Gasteiger charge is 2.13. The van der Waals surface area contributed by atoms with Crippen molar-refractivity contribution in [2.24, 2.45) is 0 Å². The van der Waals surface area contributed by atoms with Crippen LogP contribution in [0.4, 0.5) is 0 Å². The van der Waals surface area contributed by atoms with Gasteiger partial charge in [-0.05, 0) is 6.92 Å². The molecule has 0 unspecified atom stereocenters. The summed E-state index contributed by atoms with van der Waals surface area (Å²) in [5, 5.41) is 0.270. The fourth-order valence-corrected chi connectivity index (χ4v) is 2.37. The minimum Gasteiger partial charge on any atom is -0.493 e. The van der Waals surface area contributed by atoms with Gasteiger partial charge < -0.3 is 4.74 Å². The zero-order chi connectivity index (χ0) is 10.3. The molecule has 0 fully saturated rings. The van der Waals surface area contributed by atoms with Gasteiger partial charge in [0.15, 0.2) is 16.5 Å². The van der Waals surface area contributed by atoms with Crippen LogP contribution in [0, 0.1) is 6.92 Å². The minimum atomic E-state index is -0.139. The van der Waals surface area contributed by atoms with Gasteiger partial charge in [-0.3, -0.25) is 9.78 Å². The molecule has 0 saturated carbocycles. The van der Waals surface area contributed by atoms with E-state index in [1.165, 1.54) is 7.11 Å². The van der Waals surface area contributed by atoms with Crippen molar-refractivity contribution in [2.75, 3.05) is 7.11 Å². The van der Waals surface area contributed by atoms with Crippen LogP contribution in [-0.4, -0.2) is 17.1 Å². The van der Waals surface area contributed by atoms with E-state index in [4.69, 9.17) is 16.3 Å². The number of aryl methyl sites for hydroxylation is 1. The van der Waals surface area contributed by atoms with Gasteiger partial charge in [-0.1, -0.05) is 22.9 Å². The van der Waals surface area contributed by atoms with Gasteiger partial charge in [0.2, 0.25) is 0 Å². The molecule has 2 aromatic rings. The fraction of sp³-hybridized carbons (Fsp3) is 0.250. The second-order valence-electron chi connectivity index (χ2n) is 2.75. The number of pyridine rings is 1. The van der Waals surface area contributed by atoms with E-state index in [0.29, 0.717) is 11.4 Å². The first-order chi connectivity index (χ1) is 6.63. The summed E-state index contributed by atoms with van der Waals surface area (Å²) in [5.41, 5.74) is 1.36. The molecule has 4 nitrogen and oxygen atoms in total. The molecule has 2 aromatic heterocycles. The zero-order valence-corrected chi connectivity index (χ0v) is 9.12. The first kappa shape index (κ1) is 9.48. The molecular weight excluding hydrogens is 224 g/mol. The summed E-state index contributed by atoms with van der Waals surface area (Å²) >= 11 is 6.97. The van der Waals surface area contributed by atoms with Gasteiger partial charge in [-0.25, -0.2) is 4.98 Å². The Hall–Kier alpha value is -1.07. The maximum atomic E-state index is 11.1. The van der Waals surface area contributed by atoms with Gasteiger partial charge >= 0.3 is 4.87 Å². The number of fused-ring (bicyclic) bond motifs is 1. The first-order valence-corrected chi connectivity index (χ1v) is 5.06. The number of nitrogens with zero attached hydrogens (tertiary/aromatic N) is 1. The monoisotopic (exact) mass is 230 g/mol. The number of halogens is 1. The maximum absolute atomic E-state index is 11.1. The third-order valence-corrected chi connectivity index (χ3v) is 3.16. The van der Waals surface area contributed by atoms with Crippen molar-refractivity contribution in [3.63, 3.8) is 0 Å². The van der Waals surface area contributed by atoms with Gasteiger partial charge in [0.05, 0.1) is 11.8 Å². The number of hydrogen-bond donors (Lipinski definition) is 1. The Bertz CT molecular complexity index is 546. The molecule has 0 aromatic carbocycles. The molecule has 2 heterocycles. The van der Waals surface area contributed by atoms with E-state index < -0.39 is 0 Å². The molecule has 14 heavy (non-hydrogen) atoms. The first-order valence-electron chi connectivity index (χ1n) is 3.86. The molecule has 2 rings (SSSR count). The van der Waals surface area contributed by atoms with Crippen LogP contribution in [0.15, 0.2) is 4.79 Å². The van der Waals surface area contributed by atoms with Crippen molar-refractivity contribution in [3.05, 3.63) is 20.4 Å². The van der Waals surface area contributed by atoms with E-state index in [0.717, 1.165) is 21.6 Å². The molecule has 1 N–H and O–H groups in total. The van der Waals surface area contributed by atoms with E-state index >= 15 is 0 Å².